The molecule has 2 rings (SSSR count). The minimum absolute atomic E-state index is 0.228. The smallest absolute Gasteiger partial charge is 0.379 e. The van der Waals surface area contributed by atoms with E-state index in [1.54, 1.807) is 6.92 Å². The number of hydrogen-bond acceptors (Lipinski definition) is 4. The minimum atomic E-state index is -5.03. The number of imidazole rings is 1. The van der Waals surface area contributed by atoms with Crippen LogP contribution in [0.15, 0.2) is 12.4 Å². The molecule has 124 valence electrons. The highest BCUT2D eigenvalue weighted by Crippen LogP contribution is 2.40. The van der Waals surface area contributed by atoms with Crippen LogP contribution < -0.4 is 5.32 Å². The molecule has 2 atom stereocenters. The summed E-state index contributed by atoms with van der Waals surface area (Å²) in [7, 11) is 1.32. The highest BCUT2D eigenvalue weighted by Gasteiger charge is 2.58. The quantitative estimate of drug-likeness (QED) is 0.862. The number of aromatic nitrogens is 2. The van der Waals surface area contributed by atoms with E-state index in [2.05, 4.69) is 10.3 Å². The van der Waals surface area contributed by atoms with Crippen LogP contribution in [-0.4, -0.2) is 45.5 Å². The van der Waals surface area contributed by atoms with Crippen molar-refractivity contribution < 1.29 is 27.8 Å². The fourth-order valence-corrected chi connectivity index (χ4v) is 2.45. The van der Waals surface area contributed by atoms with Crippen molar-refractivity contribution in [3.05, 3.63) is 18.2 Å². The van der Waals surface area contributed by atoms with Gasteiger partial charge in [0.15, 0.2) is 5.82 Å². The second kappa shape index (κ2) is 5.54. The minimum Gasteiger partial charge on any atom is -0.379 e. The molecule has 22 heavy (non-hydrogen) atoms. The molecule has 2 N–H and O–H groups in total. The molecule has 6 nitrogen and oxygen atoms in total. The van der Waals surface area contributed by atoms with Crippen molar-refractivity contribution in [2.75, 3.05) is 13.2 Å². The molecule has 0 bridgehead atoms. The van der Waals surface area contributed by atoms with Gasteiger partial charge in [-0.1, -0.05) is 0 Å². The summed E-state index contributed by atoms with van der Waals surface area (Å²) in [6.45, 7) is 2.34. The zero-order valence-electron chi connectivity index (χ0n) is 12.3. The largest absolute Gasteiger partial charge is 0.425 e. The normalized spacial score (nSPS) is 25.0. The Balaban J connectivity index is 2.21. The number of ether oxygens (including phenoxy) is 1. The van der Waals surface area contributed by atoms with Gasteiger partial charge in [0.05, 0.1) is 18.6 Å². The zero-order valence-corrected chi connectivity index (χ0v) is 12.3. The van der Waals surface area contributed by atoms with Gasteiger partial charge in [-0.2, -0.15) is 13.2 Å². The SMILES string of the molecule is Cn1ccnc1C(O)(CC(=O)NC1(C)CCOC1)C(F)(F)F. The van der Waals surface area contributed by atoms with E-state index in [9.17, 15) is 23.1 Å². The average Bonchev–Trinajstić information content (AvgIpc) is 2.96. The Kier molecular flexibility index (Phi) is 4.22. The van der Waals surface area contributed by atoms with E-state index >= 15 is 0 Å². The summed E-state index contributed by atoms with van der Waals surface area (Å²) in [5.74, 6) is -1.53. The number of halogens is 3. The van der Waals surface area contributed by atoms with Gasteiger partial charge in [0, 0.05) is 26.0 Å². The van der Waals surface area contributed by atoms with Crippen molar-refractivity contribution in [1.29, 1.82) is 0 Å². The van der Waals surface area contributed by atoms with Crippen LogP contribution in [0.4, 0.5) is 13.2 Å². The van der Waals surface area contributed by atoms with Crippen LogP contribution in [0.2, 0.25) is 0 Å². The summed E-state index contributed by atoms with van der Waals surface area (Å²) in [5.41, 5.74) is -4.06. The van der Waals surface area contributed by atoms with E-state index in [0.29, 0.717) is 13.0 Å². The summed E-state index contributed by atoms with van der Waals surface area (Å²) in [6, 6.07) is 0. The number of amides is 1. The Morgan fingerprint density at radius 3 is 2.73 bits per heavy atom. The molecular weight excluding hydrogens is 303 g/mol. The molecule has 1 aromatic rings. The van der Waals surface area contributed by atoms with E-state index in [-0.39, 0.29) is 6.61 Å². The van der Waals surface area contributed by atoms with E-state index in [0.717, 1.165) is 10.8 Å². The summed E-state index contributed by atoms with van der Waals surface area (Å²) in [5, 5.41) is 12.6. The van der Waals surface area contributed by atoms with E-state index in [1.165, 1.54) is 13.2 Å². The van der Waals surface area contributed by atoms with Gasteiger partial charge in [-0.05, 0) is 13.3 Å². The Labute approximate surface area is 125 Å². The van der Waals surface area contributed by atoms with Gasteiger partial charge in [0.25, 0.3) is 0 Å². The maximum Gasteiger partial charge on any atom is 0.425 e. The molecule has 9 heteroatoms. The molecule has 2 heterocycles. The number of nitrogens with zero attached hydrogens (tertiary/aromatic N) is 2. The van der Waals surface area contributed by atoms with Gasteiger partial charge < -0.3 is 19.7 Å². The van der Waals surface area contributed by atoms with Crippen LogP contribution in [0.1, 0.15) is 25.6 Å². The third kappa shape index (κ3) is 3.09. The summed E-state index contributed by atoms with van der Waals surface area (Å²) < 4.78 is 46.1. The van der Waals surface area contributed by atoms with Crippen LogP contribution in [0, 0.1) is 0 Å². The van der Waals surface area contributed by atoms with Crippen LogP contribution in [0.25, 0.3) is 0 Å². The van der Waals surface area contributed by atoms with E-state index in [4.69, 9.17) is 4.74 Å². The van der Waals surface area contributed by atoms with Gasteiger partial charge in [0.2, 0.25) is 11.5 Å². The molecule has 1 aliphatic heterocycles. The Morgan fingerprint density at radius 2 is 2.27 bits per heavy atom. The monoisotopic (exact) mass is 321 g/mol. The van der Waals surface area contributed by atoms with Crippen LogP contribution >= 0.6 is 0 Å². The van der Waals surface area contributed by atoms with Crippen molar-refractivity contribution >= 4 is 5.91 Å². The molecule has 0 aliphatic carbocycles. The summed E-state index contributed by atoms with van der Waals surface area (Å²) in [4.78, 5) is 15.6. The molecule has 1 aliphatic rings. The average molecular weight is 321 g/mol. The predicted molar refractivity (Wildman–Crippen MR) is 69.8 cm³/mol. The number of aliphatic hydroxyl groups is 1. The lowest BCUT2D eigenvalue weighted by atomic mass is 9.95. The number of carbonyl (C=O) groups is 1. The molecule has 0 spiro atoms. The van der Waals surface area contributed by atoms with Crippen molar-refractivity contribution in [2.45, 2.75) is 37.1 Å². The summed E-state index contributed by atoms with van der Waals surface area (Å²) >= 11 is 0. The van der Waals surface area contributed by atoms with Crippen LogP contribution in [0.5, 0.6) is 0 Å². The Morgan fingerprint density at radius 1 is 1.59 bits per heavy atom. The number of hydrogen-bond donors (Lipinski definition) is 2. The van der Waals surface area contributed by atoms with E-state index in [1.807, 2.05) is 0 Å². The standard InChI is InChI=1S/C13H18F3N3O3/c1-11(3-6-22-8-11)18-9(20)7-12(21,13(14,15)16)10-17-4-5-19(10)2/h4-5,21H,3,6-8H2,1-2H3,(H,18,20). The van der Waals surface area contributed by atoms with Gasteiger partial charge in [0.1, 0.15) is 0 Å². The molecule has 0 aromatic carbocycles. The molecule has 1 saturated heterocycles. The highest BCUT2D eigenvalue weighted by molar-refractivity contribution is 5.78. The first-order chi connectivity index (χ1) is 10.1. The second-order valence-electron chi connectivity index (χ2n) is 5.81. The molecule has 0 radical (unpaired) electrons. The fourth-order valence-electron chi connectivity index (χ4n) is 2.45. The number of alkyl halides is 3. The molecule has 1 fully saturated rings. The van der Waals surface area contributed by atoms with Crippen LogP contribution in [0.3, 0.4) is 0 Å². The third-order valence-electron chi connectivity index (χ3n) is 3.74. The first kappa shape index (κ1) is 16.8. The lowest BCUT2D eigenvalue weighted by molar-refractivity contribution is -0.271. The molecule has 1 aromatic heterocycles. The third-order valence-corrected chi connectivity index (χ3v) is 3.74. The Bertz CT molecular complexity index is 552. The van der Waals surface area contributed by atoms with Gasteiger partial charge in [-0.3, -0.25) is 4.79 Å². The fraction of sp³-hybridized carbons (Fsp3) is 0.692. The Hall–Kier alpha value is -1.61. The lowest BCUT2D eigenvalue weighted by Gasteiger charge is -2.31. The number of nitrogens with one attached hydrogen (secondary N) is 1. The molecule has 2 unspecified atom stereocenters. The number of aryl methyl sites for hydroxylation is 1. The molecule has 0 saturated carbocycles. The topological polar surface area (TPSA) is 76.4 Å². The summed E-state index contributed by atoms with van der Waals surface area (Å²) in [6.07, 6.45) is -3.27. The van der Waals surface area contributed by atoms with Crippen molar-refractivity contribution in [1.82, 2.24) is 14.9 Å². The van der Waals surface area contributed by atoms with Gasteiger partial charge in [-0.25, -0.2) is 4.98 Å². The van der Waals surface area contributed by atoms with Crippen molar-refractivity contribution in [3.8, 4) is 0 Å². The lowest BCUT2D eigenvalue weighted by Crippen LogP contribution is -2.52. The second-order valence-corrected chi connectivity index (χ2v) is 5.81. The first-order valence-electron chi connectivity index (χ1n) is 6.73. The number of carbonyl (C=O) groups excluding carboxylic acids is 1. The highest BCUT2D eigenvalue weighted by atomic mass is 19.4. The molecule has 1 amide bonds. The van der Waals surface area contributed by atoms with Gasteiger partial charge in [-0.15, -0.1) is 0 Å². The van der Waals surface area contributed by atoms with Crippen molar-refractivity contribution in [2.24, 2.45) is 7.05 Å². The van der Waals surface area contributed by atoms with E-state index < -0.39 is 35.5 Å². The number of rotatable bonds is 4. The first-order valence-corrected chi connectivity index (χ1v) is 6.73. The van der Waals surface area contributed by atoms with Crippen molar-refractivity contribution in [3.63, 3.8) is 0 Å². The maximum absolute atomic E-state index is 13.3. The van der Waals surface area contributed by atoms with Crippen LogP contribution in [-0.2, 0) is 22.2 Å². The predicted octanol–water partition coefficient (Wildman–Crippen LogP) is 0.855. The maximum atomic E-state index is 13.3. The van der Waals surface area contributed by atoms with Gasteiger partial charge >= 0.3 is 6.18 Å². The zero-order chi connectivity index (χ0) is 16.6. The molecular formula is C13H18F3N3O3.